The molecule has 2 nitrogen and oxygen atoms in total. The molecule has 1 heterocycles. The lowest BCUT2D eigenvalue weighted by Gasteiger charge is -2.35. The van der Waals surface area contributed by atoms with Crippen LogP contribution in [0.1, 0.15) is 22.3 Å². The molecule has 11 aromatic rings. The summed E-state index contributed by atoms with van der Waals surface area (Å²) in [7, 11) is 0. The van der Waals surface area contributed by atoms with Crippen LogP contribution in [-0.4, -0.2) is 0 Å². The van der Waals surface area contributed by atoms with Crippen LogP contribution >= 0.6 is 0 Å². The number of rotatable bonds is 6. The van der Waals surface area contributed by atoms with Crippen molar-refractivity contribution in [1.82, 2.24) is 0 Å². The molecule has 0 N–H and O–H groups in total. The van der Waals surface area contributed by atoms with E-state index in [1.54, 1.807) is 0 Å². The van der Waals surface area contributed by atoms with E-state index in [1.807, 2.05) is 6.07 Å². The van der Waals surface area contributed by atoms with Gasteiger partial charge in [0, 0.05) is 32.8 Å². The van der Waals surface area contributed by atoms with Crippen molar-refractivity contribution >= 4 is 60.5 Å². The number of hydrogen-bond donors (Lipinski definition) is 0. The summed E-state index contributed by atoms with van der Waals surface area (Å²) < 4.78 is 6.57. The van der Waals surface area contributed by atoms with Crippen LogP contribution in [0, 0.1) is 0 Å². The van der Waals surface area contributed by atoms with E-state index in [9.17, 15) is 0 Å². The maximum absolute atomic E-state index is 6.57. The van der Waals surface area contributed by atoms with Gasteiger partial charge < -0.3 is 9.32 Å². The molecule has 12 rings (SSSR count). The third-order valence-corrected chi connectivity index (χ3v) is 12.5. The largest absolute Gasteiger partial charge is 0.455 e. The first-order chi connectivity index (χ1) is 29.3. The van der Waals surface area contributed by atoms with Gasteiger partial charge in [0.2, 0.25) is 0 Å². The molecular formula is C57H37NO. The van der Waals surface area contributed by atoms with Gasteiger partial charge in [-0.1, -0.05) is 188 Å². The van der Waals surface area contributed by atoms with Crippen LogP contribution in [0.5, 0.6) is 0 Å². The van der Waals surface area contributed by atoms with Crippen molar-refractivity contribution in [3.05, 3.63) is 247 Å². The van der Waals surface area contributed by atoms with E-state index in [4.69, 9.17) is 4.42 Å². The average molecular weight is 752 g/mol. The molecule has 0 unspecified atom stereocenters. The summed E-state index contributed by atoms with van der Waals surface area (Å²) in [6, 6.07) is 81.9. The van der Waals surface area contributed by atoms with E-state index in [0.717, 1.165) is 60.9 Å². The van der Waals surface area contributed by atoms with Gasteiger partial charge in [0.05, 0.1) is 16.8 Å². The molecule has 0 aliphatic heterocycles. The molecule has 0 amide bonds. The molecule has 59 heavy (non-hydrogen) atoms. The van der Waals surface area contributed by atoms with Gasteiger partial charge in [-0.05, 0) is 86.1 Å². The van der Waals surface area contributed by atoms with Crippen LogP contribution in [-0.2, 0) is 5.41 Å². The molecule has 0 radical (unpaired) electrons. The van der Waals surface area contributed by atoms with Gasteiger partial charge >= 0.3 is 0 Å². The molecule has 10 aromatic carbocycles. The van der Waals surface area contributed by atoms with Crippen LogP contribution in [0.2, 0.25) is 0 Å². The highest BCUT2D eigenvalue weighted by Gasteiger charge is 2.46. The predicted octanol–water partition coefficient (Wildman–Crippen LogP) is 15.4. The monoisotopic (exact) mass is 751 g/mol. The lowest BCUT2D eigenvalue weighted by molar-refractivity contribution is 0.672. The fourth-order valence-electron chi connectivity index (χ4n) is 10.1. The fourth-order valence-corrected chi connectivity index (χ4v) is 10.1. The van der Waals surface area contributed by atoms with Crippen LogP contribution in [0.25, 0.3) is 65.7 Å². The first-order valence-corrected chi connectivity index (χ1v) is 20.3. The number of fused-ring (bicyclic) bond motifs is 9. The van der Waals surface area contributed by atoms with E-state index in [2.05, 4.69) is 223 Å². The molecule has 0 fully saturated rings. The van der Waals surface area contributed by atoms with Crippen LogP contribution < -0.4 is 4.90 Å². The first kappa shape index (κ1) is 33.5. The zero-order valence-electron chi connectivity index (χ0n) is 32.2. The molecule has 0 spiro atoms. The fraction of sp³-hybridized carbons (Fsp3) is 0.0175. The van der Waals surface area contributed by atoms with Crippen molar-refractivity contribution < 1.29 is 4.42 Å². The number of anilines is 3. The van der Waals surface area contributed by atoms with Crippen LogP contribution in [0.15, 0.2) is 229 Å². The zero-order chi connectivity index (χ0) is 38.9. The topological polar surface area (TPSA) is 16.4 Å². The van der Waals surface area contributed by atoms with E-state index in [1.165, 1.54) is 44.2 Å². The number of benzene rings is 10. The SMILES string of the molecule is c1ccc(C2(c3ccccc3)c3ccccc3-c3ccc(N(c4ccccc4-c4cccc5c4ccc4c6ccccc6oc54)c4cccc5ccccc45)cc32)cc1. The zero-order valence-corrected chi connectivity index (χ0v) is 32.2. The average Bonchev–Trinajstić information content (AvgIpc) is 3.84. The Balaban J connectivity index is 1.15. The van der Waals surface area contributed by atoms with Gasteiger partial charge in [-0.3, -0.25) is 0 Å². The predicted molar refractivity (Wildman–Crippen MR) is 246 cm³/mol. The van der Waals surface area contributed by atoms with Gasteiger partial charge in [-0.25, -0.2) is 0 Å². The highest BCUT2D eigenvalue weighted by atomic mass is 16.3. The molecule has 276 valence electrons. The van der Waals surface area contributed by atoms with Crippen LogP contribution in [0.3, 0.4) is 0 Å². The lowest BCUT2D eigenvalue weighted by atomic mass is 9.67. The Morgan fingerprint density at radius 3 is 1.73 bits per heavy atom. The molecule has 0 atom stereocenters. The molecule has 1 aromatic heterocycles. The Hall–Kier alpha value is -7.68. The summed E-state index contributed by atoms with van der Waals surface area (Å²) in [6.07, 6.45) is 0. The Bertz CT molecular complexity index is 3350. The molecule has 1 aliphatic rings. The van der Waals surface area contributed by atoms with E-state index < -0.39 is 5.41 Å². The smallest absolute Gasteiger partial charge is 0.143 e. The first-order valence-electron chi connectivity index (χ1n) is 20.3. The van der Waals surface area contributed by atoms with Crippen molar-refractivity contribution in [2.45, 2.75) is 5.41 Å². The molecule has 1 aliphatic carbocycles. The Morgan fingerprint density at radius 1 is 0.339 bits per heavy atom. The summed E-state index contributed by atoms with van der Waals surface area (Å²) >= 11 is 0. The van der Waals surface area contributed by atoms with Gasteiger partial charge in [0.15, 0.2) is 0 Å². The highest BCUT2D eigenvalue weighted by molar-refractivity contribution is 6.18. The van der Waals surface area contributed by atoms with Crippen molar-refractivity contribution in [1.29, 1.82) is 0 Å². The second-order valence-electron chi connectivity index (χ2n) is 15.5. The minimum atomic E-state index is -0.526. The summed E-state index contributed by atoms with van der Waals surface area (Å²) in [5, 5.41) is 6.91. The molecule has 0 saturated heterocycles. The third kappa shape index (κ3) is 4.93. The number of hydrogen-bond acceptors (Lipinski definition) is 2. The second-order valence-corrected chi connectivity index (χ2v) is 15.5. The standard InChI is InChI=1S/C57H37NO/c1-3-19-39(20-4-1)57(40-21-5-2-6-22-40)51-29-12-9-24-45(51)46-34-33-41(37-52(46)57)58(53-31-15-18-38-17-7-8-23-42(38)53)54-30-13-10-25-47(54)43-27-16-28-49-44(43)35-36-50-48-26-11-14-32-55(48)59-56(49)50/h1-37H. The molecule has 0 saturated carbocycles. The number of furan rings is 1. The minimum absolute atomic E-state index is 0.526. The van der Waals surface area contributed by atoms with Gasteiger partial charge in [0.25, 0.3) is 0 Å². The summed E-state index contributed by atoms with van der Waals surface area (Å²) in [6.45, 7) is 0. The Kier molecular flexibility index (Phi) is 7.48. The van der Waals surface area contributed by atoms with E-state index in [0.29, 0.717) is 0 Å². The van der Waals surface area contributed by atoms with Crippen molar-refractivity contribution in [2.75, 3.05) is 4.90 Å². The maximum atomic E-state index is 6.57. The van der Waals surface area contributed by atoms with Crippen molar-refractivity contribution in [3.63, 3.8) is 0 Å². The summed E-state index contributed by atoms with van der Waals surface area (Å²) in [4.78, 5) is 2.49. The quantitative estimate of drug-likeness (QED) is 0.168. The lowest BCUT2D eigenvalue weighted by Crippen LogP contribution is -2.28. The molecule has 2 heteroatoms. The normalized spacial score (nSPS) is 12.9. The third-order valence-electron chi connectivity index (χ3n) is 12.5. The van der Waals surface area contributed by atoms with Gasteiger partial charge in [-0.2, -0.15) is 0 Å². The summed E-state index contributed by atoms with van der Waals surface area (Å²) in [5.41, 5.74) is 14.5. The second kappa shape index (κ2) is 13.2. The Morgan fingerprint density at radius 2 is 0.898 bits per heavy atom. The summed E-state index contributed by atoms with van der Waals surface area (Å²) in [5.74, 6) is 0. The maximum Gasteiger partial charge on any atom is 0.143 e. The van der Waals surface area contributed by atoms with E-state index >= 15 is 0 Å². The molecular weight excluding hydrogens is 715 g/mol. The van der Waals surface area contributed by atoms with Gasteiger partial charge in [-0.15, -0.1) is 0 Å². The highest BCUT2D eigenvalue weighted by Crippen LogP contribution is 2.57. The minimum Gasteiger partial charge on any atom is -0.455 e. The van der Waals surface area contributed by atoms with Crippen molar-refractivity contribution in [3.8, 4) is 22.3 Å². The molecule has 0 bridgehead atoms. The van der Waals surface area contributed by atoms with Crippen molar-refractivity contribution in [2.24, 2.45) is 0 Å². The Labute approximate surface area is 342 Å². The van der Waals surface area contributed by atoms with Crippen LogP contribution in [0.4, 0.5) is 17.1 Å². The number of nitrogens with zero attached hydrogens (tertiary/aromatic N) is 1. The van der Waals surface area contributed by atoms with E-state index in [-0.39, 0.29) is 0 Å². The van der Waals surface area contributed by atoms with Gasteiger partial charge in [0.1, 0.15) is 11.2 Å². The number of para-hydroxylation sites is 2.